The van der Waals surface area contributed by atoms with Crippen molar-refractivity contribution in [1.82, 2.24) is 20.2 Å². The van der Waals surface area contributed by atoms with Crippen LogP contribution in [0.15, 0.2) is 36.0 Å². The fourth-order valence-electron chi connectivity index (χ4n) is 2.16. The number of nitrogens with one attached hydrogen (secondary N) is 2. The molecule has 1 aromatic carbocycles. The highest BCUT2D eigenvalue weighted by atomic mass is 32.1. The summed E-state index contributed by atoms with van der Waals surface area (Å²) >= 11 is 1.60. The minimum Gasteiger partial charge on any atom is -0.326 e. The molecule has 0 fully saturated rings. The predicted molar refractivity (Wildman–Crippen MR) is 95.0 cm³/mol. The summed E-state index contributed by atoms with van der Waals surface area (Å²) < 4.78 is 0. The number of nitrogens with zero attached hydrogens (tertiary/aromatic N) is 3. The van der Waals surface area contributed by atoms with E-state index in [0.29, 0.717) is 5.82 Å². The molecule has 0 aliphatic carbocycles. The predicted octanol–water partition coefficient (Wildman–Crippen LogP) is 3.41. The highest BCUT2D eigenvalue weighted by molar-refractivity contribution is 7.09. The highest BCUT2D eigenvalue weighted by Crippen LogP contribution is 2.25. The maximum absolute atomic E-state index is 12.2. The Balaban J connectivity index is 1.61. The number of amides is 1. The van der Waals surface area contributed by atoms with Gasteiger partial charge in [0.15, 0.2) is 5.82 Å². The summed E-state index contributed by atoms with van der Waals surface area (Å²) in [4.78, 5) is 20.8. The summed E-state index contributed by atoms with van der Waals surface area (Å²) in [6.07, 6.45) is 1.74. The van der Waals surface area contributed by atoms with Crippen molar-refractivity contribution in [3.05, 3.63) is 46.7 Å². The molecule has 7 heteroatoms. The van der Waals surface area contributed by atoms with Gasteiger partial charge in [0, 0.05) is 22.0 Å². The molecule has 2 N–H and O–H groups in total. The van der Waals surface area contributed by atoms with Crippen LogP contribution in [0.3, 0.4) is 0 Å². The molecular formula is C17H19N5OS. The van der Waals surface area contributed by atoms with Gasteiger partial charge in [-0.15, -0.1) is 11.3 Å². The smallest absolute Gasteiger partial charge is 0.230 e. The Morgan fingerprint density at radius 1 is 1.25 bits per heavy atom. The monoisotopic (exact) mass is 341 g/mol. The van der Waals surface area contributed by atoms with E-state index in [-0.39, 0.29) is 17.7 Å². The van der Waals surface area contributed by atoms with Crippen LogP contribution in [0.25, 0.3) is 11.4 Å². The van der Waals surface area contributed by atoms with Crippen LogP contribution < -0.4 is 5.32 Å². The average molecular weight is 341 g/mol. The molecule has 0 saturated heterocycles. The molecule has 2 aromatic heterocycles. The Morgan fingerprint density at radius 2 is 2.00 bits per heavy atom. The van der Waals surface area contributed by atoms with E-state index in [1.165, 1.54) is 6.33 Å². The number of hydrogen-bond donors (Lipinski definition) is 2. The molecule has 3 rings (SSSR count). The Kier molecular flexibility index (Phi) is 4.44. The van der Waals surface area contributed by atoms with Crippen LogP contribution >= 0.6 is 11.3 Å². The molecule has 0 atom stereocenters. The fraction of sp³-hybridized carbons (Fsp3) is 0.294. The van der Waals surface area contributed by atoms with Gasteiger partial charge in [-0.05, 0) is 24.3 Å². The lowest BCUT2D eigenvalue weighted by Crippen LogP contribution is -2.15. The fourth-order valence-corrected chi connectivity index (χ4v) is 3.07. The molecule has 0 saturated carbocycles. The molecular weight excluding hydrogens is 322 g/mol. The van der Waals surface area contributed by atoms with E-state index in [1.807, 2.05) is 29.6 Å². The number of thiazole rings is 1. The molecule has 0 aliphatic heterocycles. The second-order valence-electron chi connectivity index (χ2n) is 6.53. The molecule has 2 heterocycles. The summed E-state index contributed by atoms with van der Waals surface area (Å²) in [6.45, 7) is 6.35. The summed E-state index contributed by atoms with van der Waals surface area (Å²) in [5.41, 5.74) is 2.48. The summed E-state index contributed by atoms with van der Waals surface area (Å²) in [5.74, 6) is 0.623. The molecule has 0 bridgehead atoms. The van der Waals surface area contributed by atoms with Crippen LogP contribution in [0.1, 0.15) is 31.5 Å². The van der Waals surface area contributed by atoms with Gasteiger partial charge in [0.25, 0.3) is 0 Å². The number of rotatable bonds is 4. The van der Waals surface area contributed by atoms with E-state index in [0.717, 1.165) is 22.0 Å². The molecule has 0 unspecified atom stereocenters. The Morgan fingerprint density at radius 3 is 2.58 bits per heavy atom. The van der Waals surface area contributed by atoms with Crippen molar-refractivity contribution in [2.75, 3.05) is 5.32 Å². The van der Waals surface area contributed by atoms with Gasteiger partial charge in [-0.25, -0.2) is 9.97 Å². The first-order valence-corrected chi connectivity index (χ1v) is 8.50. The van der Waals surface area contributed by atoms with Crippen LogP contribution in [0.2, 0.25) is 0 Å². The van der Waals surface area contributed by atoms with E-state index in [1.54, 1.807) is 11.3 Å². The molecule has 24 heavy (non-hydrogen) atoms. The van der Waals surface area contributed by atoms with Crippen LogP contribution in [0.5, 0.6) is 0 Å². The molecule has 124 valence electrons. The third kappa shape index (κ3) is 3.86. The quantitative estimate of drug-likeness (QED) is 0.762. The number of carbonyl (C=O) groups excluding carboxylic acids is 1. The van der Waals surface area contributed by atoms with Crippen molar-refractivity contribution in [2.24, 2.45) is 0 Å². The maximum Gasteiger partial charge on any atom is 0.230 e. The number of aromatic nitrogens is 4. The normalized spacial score (nSPS) is 11.5. The molecule has 6 nitrogen and oxygen atoms in total. The molecule has 0 radical (unpaired) electrons. The van der Waals surface area contributed by atoms with Crippen LogP contribution in [-0.4, -0.2) is 26.1 Å². The van der Waals surface area contributed by atoms with E-state index in [4.69, 9.17) is 0 Å². The van der Waals surface area contributed by atoms with Crippen molar-refractivity contribution in [3.63, 3.8) is 0 Å². The van der Waals surface area contributed by atoms with E-state index >= 15 is 0 Å². The zero-order chi connectivity index (χ0) is 17.2. The number of benzene rings is 1. The first-order chi connectivity index (χ1) is 11.4. The zero-order valence-electron chi connectivity index (χ0n) is 13.8. The lowest BCUT2D eigenvalue weighted by Gasteiger charge is -2.13. The lowest BCUT2D eigenvalue weighted by molar-refractivity contribution is -0.115. The number of anilines is 1. The van der Waals surface area contributed by atoms with Crippen molar-refractivity contribution in [3.8, 4) is 11.4 Å². The van der Waals surface area contributed by atoms with Gasteiger partial charge in [-0.3, -0.25) is 9.89 Å². The van der Waals surface area contributed by atoms with Crippen molar-refractivity contribution >= 4 is 22.9 Å². The molecule has 3 aromatic rings. The van der Waals surface area contributed by atoms with Crippen LogP contribution in [0.4, 0.5) is 5.69 Å². The van der Waals surface area contributed by atoms with Crippen molar-refractivity contribution < 1.29 is 4.79 Å². The highest BCUT2D eigenvalue weighted by Gasteiger charge is 2.18. The minimum absolute atomic E-state index is 0.00985. The van der Waals surface area contributed by atoms with Crippen LogP contribution in [-0.2, 0) is 16.6 Å². The molecule has 0 spiro atoms. The standard InChI is InChI=1S/C17H19N5OS/c1-17(2,3)16-21-13(9-24-16)8-14(23)20-12-6-4-11(5-7-12)15-18-10-19-22-15/h4-7,9-10H,8H2,1-3H3,(H,20,23)(H,18,19,22). The topological polar surface area (TPSA) is 83.6 Å². The lowest BCUT2D eigenvalue weighted by atomic mass is 9.98. The first kappa shape index (κ1) is 16.3. The number of hydrogen-bond acceptors (Lipinski definition) is 5. The van der Waals surface area contributed by atoms with Gasteiger partial charge in [0.05, 0.1) is 17.1 Å². The van der Waals surface area contributed by atoms with Crippen LogP contribution in [0, 0.1) is 0 Å². The third-order valence-electron chi connectivity index (χ3n) is 3.39. The largest absolute Gasteiger partial charge is 0.326 e. The Bertz CT molecular complexity index is 816. The molecule has 1 amide bonds. The summed E-state index contributed by atoms with van der Waals surface area (Å²) in [7, 11) is 0. The molecule has 0 aliphatic rings. The van der Waals surface area contributed by atoms with Crippen molar-refractivity contribution in [2.45, 2.75) is 32.6 Å². The number of aromatic amines is 1. The van der Waals surface area contributed by atoms with Gasteiger partial charge >= 0.3 is 0 Å². The second kappa shape index (κ2) is 6.52. The Labute approximate surface area is 144 Å². The number of carbonyl (C=O) groups is 1. The number of H-pyrrole nitrogens is 1. The second-order valence-corrected chi connectivity index (χ2v) is 7.39. The maximum atomic E-state index is 12.2. The van der Waals surface area contributed by atoms with Crippen molar-refractivity contribution in [1.29, 1.82) is 0 Å². The van der Waals surface area contributed by atoms with Gasteiger partial charge in [0.2, 0.25) is 5.91 Å². The van der Waals surface area contributed by atoms with E-state index in [2.05, 4.69) is 46.3 Å². The van der Waals surface area contributed by atoms with E-state index < -0.39 is 0 Å². The minimum atomic E-state index is -0.0758. The zero-order valence-corrected chi connectivity index (χ0v) is 14.6. The third-order valence-corrected chi connectivity index (χ3v) is 4.71. The summed E-state index contributed by atoms with van der Waals surface area (Å²) in [5, 5.41) is 12.5. The first-order valence-electron chi connectivity index (χ1n) is 7.62. The SMILES string of the molecule is CC(C)(C)c1nc(CC(=O)Nc2ccc(-c3ncn[nH]3)cc2)cs1. The van der Waals surface area contributed by atoms with Gasteiger partial charge in [-0.1, -0.05) is 20.8 Å². The van der Waals surface area contributed by atoms with Gasteiger partial charge in [-0.2, -0.15) is 5.10 Å². The summed E-state index contributed by atoms with van der Waals surface area (Å²) in [6, 6.07) is 7.46. The van der Waals surface area contributed by atoms with Gasteiger partial charge < -0.3 is 5.32 Å². The van der Waals surface area contributed by atoms with Gasteiger partial charge in [0.1, 0.15) is 6.33 Å². The van der Waals surface area contributed by atoms with E-state index in [9.17, 15) is 4.79 Å². The average Bonchev–Trinajstić information content (AvgIpc) is 3.18. The Hall–Kier alpha value is -2.54.